The average molecular weight is 255 g/mol. The fourth-order valence-corrected chi connectivity index (χ4v) is 2.17. The Labute approximate surface area is 113 Å². The molecule has 0 saturated heterocycles. The van der Waals surface area contributed by atoms with Crippen molar-refractivity contribution in [3.8, 4) is 11.1 Å². The van der Waals surface area contributed by atoms with Crippen LogP contribution in [-0.4, -0.2) is 30.1 Å². The molecule has 3 nitrogen and oxygen atoms in total. The van der Waals surface area contributed by atoms with Gasteiger partial charge in [0, 0.05) is 6.54 Å². The first-order valence-electron chi connectivity index (χ1n) is 6.15. The molecule has 0 heterocycles. The van der Waals surface area contributed by atoms with Crippen molar-refractivity contribution in [1.82, 2.24) is 4.90 Å². The van der Waals surface area contributed by atoms with Gasteiger partial charge in [-0.15, -0.1) is 0 Å². The normalized spacial score (nSPS) is 10.7. The molecule has 3 heteroatoms. The lowest BCUT2D eigenvalue weighted by atomic mass is 9.95. The zero-order chi connectivity index (χ0) is 13.8. The van der Waals surface area contributed by atoms with E-state index < -0.39 is 5.97 Å². The van der Waals surface area contributed by atoms with Gasteiger partial charge in [0.2, 0.25) is 0 Å². The molecule has 2 rings (SSSR count). The third kappa shape index (κ3) is 3.01. The lowest BCUT2D eigenvalue weighted by Crippen LogP contribution is -2.12. The van der Waals surface area contributed by atoms with Gasteiger partial charge in [-0.25, -0.2) is 4.79 Å². The van der Waals surface area contributed by atoms with Gasteiger partial charge in [-0.05, 0) is 36.9 Å². The second kappa shape index (κ2) is 5.67. The maximum absolute atomic E-state index is 11.3. The van der Waals surface area contributed by atoms with Gasteiger partial charge < -0.3 is 10.0 Å². The maximum atomic E-state index is 11.3. The van der Waals surface area contributed by atoms with E-state index in [9.17, 15) is 9.90 Å². The molecule has 0 fully saturated rings. The Bertz CT molecular complexity index is 591. The molecule has 0 amide bonds. The van der Waals surface area contributed by atoms with E-state index in [0.717, 1.165) is 23.2 Å². The van der Waals surface area contributed by atoms with E-state index >= 15 is 0 Å². The van der Waals surface area contributed by atoms with Crippen LogP contribution in [0.4, 0.5) is 0 Å². The van der Waals surface area contributed by atoms with Crippen LogP contribution in [0.15, 0.2) is 48.5 Å². The number of carboxylic acids is 1. The van der Waals surface area contributed by atoms with E-state index in [4.69, 9.17) is 0 Å². The predicted octanol–water partition coefficient (Wildman–Crippen LogP) is 3.11. The van der Waals surface area contributed by atoms with Gasteiger partial charge in [-0.3, -0.25) is 0 Å². The number of hydrogen-bond donors (Lipinski definition) is 1. The van der Waals surface area contributed by atoms with Gasteiger partial charge >= 0.3 is 5.97 Å². The number of rotatable bonds is 4. The predicted molar refractivity (Wildman–Crippen MR) is 76.2 cm³/mol. The second-order valence-electron chi connectivity index (χ2n) is 4.75. The standard InChI is InChI=1S/C16H17NO2/c1-17(2)11-12-7-3-4-8-13(12)14-9-5-6-10-15(14)16(18)19/h3-10H,11H2,1-2H3,(H,18,19). The number of nitrogens with zero attached hydrogens (tertiary/aromatic N) is 1. The quantitative estimate of drug-likeness (QED) is 0.912. The van der Waals surface area contributed by atoms with E-state index in [-0.39, 0.29) is 0 Å². The van der Waals surface area contributed by atoms with Crippen LogP contribution in [0.3, 0.4) is 0 Å². The van der Waals surface area contributed by atoms with Crippen LogP contribution in [0.1, 0.15) is 15.9 Å². The summed E-state index contributed by atoms with van der Waals surface area (Å²) >= 11 is 0. The topological polar surface area (TPSA) is 40.5 Å². The lowest BCUT2D eigenvalue weighted by Gasteiger charge is -2.15. The third-order valence-corrected chi connectivity index (χ3v) is 2.95. The first kappa shape index (κ1) is 13.3. The van der Waals surface area contributed by atoms with Gasteiger partial charge in [0.1, 0.15) is 0 Å². The van der Waals surface area contributed by atoms with E-state index in [1.165, 1.54) is 0 Å². The number of hydrogen-bond acceptors (Lipinski definition) is 2. The van der Waals surface area contributed by atoms with Gasteiger partial charge in [0.25, 0.3) is 0 Å². The van der Waals surface area contributed by atoms with Gasteiger partial charge in [0.05, 0.1) is 5.56 Å². The fraction of sp³-hybridized carbons (Fsp3) is 0.188. The minimum absolute atomic E-state index is 0.341. The molecule has 0 unspecified atom stereocenters. The summed E-state index contributed by atoms with van der Waals surface area (Å²) in [6.07, 6.45) is 0. The van der Waals surface area contributed by atoms with E-state index in [1.807, 2.05) is 50.5 Å². The minimum Gasteiger partial charge on any atom is -0.478 e. The summed E-state index contributed by atoms with van der Waals surface area (Å²) in [5, 5.41) is 9.29. The number of aromatic carboxylic acids is 1. The highest BCUT2D eigenvalue weighted by Crippen LogP contribution is 2.27. The minimum atomic E-state index is -0.893. The zero-order valence-electron chi connectivity index (χ0n) is 11.1. The average Bonchev–Trinajstić information content (AvgIpc) is 2.38. The van der Waals surface area contributed by atoms with Crippen LogP contribution >= 0.6 is 0 Å². The molecule has 0 radical (unpaired) electrons. The Balaban J connectivity index is 2.56. The Morgan fingerprint density at radius 3 is 2.21 bits per heavy atom. The SMILES string of the molecule is CN(C)Cc1ccccc1-c1ccccc1C(=O)O. The van der Waals surface area contributed by atoms with Crippen LogP contribution in [-0.2, 0) is 6.54 Å². The molecule has 19 heavy (non-hydrogen) atoms. The third-order valence-electron chi connectivity index (χ3n) is 2.95. The summed E-state index contributed by atoms with van der Waals surface area (Å²) in [7, 11) is 4.00. The molecule has 98 valence electrons. The first-order chi connectivity index (χ1) is 9.09. The van der Waals surface area contributed by atoms with E-state index in [1.54, 1.807) is 12.1 Å². The summed E-state index contributed by atoms with van der Waals surface area (Å²) < 4.78 is 0. The molecule has 0 saturated carbocycles. The number of benzene rings is 2. The van der Waals surface area contributed by atoms with Crippen molar-refractivity contribution in [1.29, 1.82) is 0 Å². The molecule has 0 aliphatic rings. The molecule has 0 aliphatic carbocycles. The lowest BCUT2D eigenvalue weighted by molar-refractivity contribution is 0.0697. The maximum Gasteiger partial charge on any atom is 0.336 e. The summed E-state index contributed by atoms with van der Waals surface area (Å²) in [6.45, 7) is 0.782. The van der Waals surface area contributed by atoms with Crippen molar-refractivity contribution < 1.29 is 9.90 Å². The Hall–Kier alpha value is -2.13. The fourth-order valence-electron chi connectivity index (χ4n) is 2.17. The highest BCUT2D eigenvalue weighted by atomic mass is 16.4. The number of carbonyl (C=O) groups is 1. The van der Waals surface area contributed by atoms with Crippen molar-refractivity contribution in [3.63, 3.8) is 0 Å². The molecule has 0 spiro atoms. The number of carboxylic acid groups (broad SMARTS) is 1. The van der Waals surface area contributed by atoms with E-state index in [0.29, 0.717) is 5.56 Å². The van der Waals surface area contributed by atoms with Crippen molar-refractivity contribution in [3.05, 3.63) is 59.7 Å². The van der Waals surface area contributed by atoms with E-state index in [2.05, 4.69) is 4.90 Å². The molecule has 2 aromatic rings. The molecule has 0 aliphatic heterocycles. The molecule has 1 N–H and O–H groups in total. The summed E-state index contributed by atoms with van der Waals surface area (Å²) in [5.74, 6) is -0.893. The van der Waals surface area contributed by atoms with Crippen molar-refractivity contribution in [2.24, 2.45) is 0 Å². The van der Waals surface area contributed by atoms with Crippen molar-refractivity contribution in [2.45, 2.75) is 6.54 Å². The smallest absolute Gasteiger partial charge is 0.336 e. The van der Waals surface area contributed by atoms with Crippen LogP contribution in [0.2, 0.25) is 0 Å². The monoisotopic (exact) mass is 255 g/mol. The summed E-state index contributed by atoms with van der Waals surface area (Å²) in [5.41, 5.74) is 3.22. The second-order valence-corrected chi connectivity index (χ2v) is 4.75. The summed E-state index contributed by atoms with van der Waals surface area (Å²) in [4.78, 5) is 13.4. The molecular formula is C16H17NO2. The molecule has 0 bridgehead atoms. The molecular weight excluding hydrogens is 238 g/mol. The van der Waals surface area contributed by atoms with Crippen LogP contribution in [0.5, 0.6) is 0 Å². The Morgan fingerprint density at radius 1 is 1.00 bits per heavy atom. The molecule has 0 atom stereocenters. The Morgan fingerprint density at radius 2 is 1.58 bits per heavy atom. The summed E-state index contributed by atoms with van der Waals surface area (Å²) in [6, 6.07) is 15.0. The zero-order valence-corrected chi connectivity index (χ0v) is 11.1. The first-order valence-corrected chi connectivity index (χ1v) is 6.15. The Kier molecular flexibility index (Phi) is 3.97. The van der Waals surface area contributed by atoms with Gasteiger partial charge in [-0.1, -0.05) is 42.5 Å². The highest BCUT2D eigenvalue weighted by molar-refractivity contribution is 5.96. The molecule has 2 aromatic carbocycles. The van der Waals surface area contributed by atoms with Gasteiger partial charge in [-0.2, -0.15) is 0 Å². The van der Waals surface area contributed by atoms with Gasteiger partial charge in [0.15, 0.2) is 0 Å². The largest absolute Gasteiger partial charge is 0.478 e. The van der Waals surface area contributed by atoms with Crippen LogP contribution in [0, 0.1) is 0 Å². The highest BCUT2D eigenvalue weighted by Gasteiger charge is 2.13. The van der Waals surface area contributed by atoms with Crippen LogP contribution < -0.4 is 0 Å². The molecule has 0 aromatic heterocycles. The van der Waals surface area contributed by atoms with Crippen molar-refractivity contribution >= 4 is 5.97 Å². The van der Waals surface area contributed by atoms with Crippen molar-refractivity contribution in [2.75, 3.05) is 14.1 Å². The van der Waals surface area contributed by atoms with Crippen LogP contribution in [0.25, 0.3) is 11.1 Å².